The van der Waals surface area contributed by atoms with Crippen LogP contribution in [0.5, 0.6) is 0 Å². The van der Waals surface area contributed by atoms with Gasteiger partial charge in [-0.15, -0.1) is 11.8 Å². The van der Waals surface area contributed by atoms with Crippen LogP contribution in [0.4, 0.5) is 5.69 Å². The largest absolute Gasteiger partial charge is 0.394 e. The van der Waals surface area contributed by atoms with Crippen LogP contribution < -0.4 is 10.6 Å². The molecule has 3 aliphatic rings. The van der Waals surface area contributed by atoms with Crippen molar-refractivity contribution < 1.29 is 19.5 Å². The Kier molecular flexibility index (Phi) is 6.49. The van der Waals surface area contributed by atoms with Gasteiger partial charge in [0.2, 0.25) is 17.7 Å². The van der Waals surface area contributed by atoms with Crippen LogP contribution in [0.15, 0.2) is 18.2 Å². The quantitative estimate of drug-likeness (QED) is 0.558. The molecule has 3 fully saturated rings. The number of hydrogen-bond donors (Lipinski definition) is 3. The minimum atomic E-state index is -0.781. The van der Waals surface area contributed by atoms with E-state index in [1.165, 1.54) is 4.90 Å². The first kappa shape index (κ1) is 23.4. The molecule has 1 aromatic rings. The maximum absolute atomic E-state index is 13.7. The standard InChI is InChI=1S/C23H30ClN3O4S/c1-4-10-25-20(29)16-15-8-9-23(32-15)17(16)22(31)27(13(3)11-28)19(23)21(30)26-18-12(2)6-5-7-14(18)24/h5-7,13,15-17,19,28H,4,8-11H2,1-3H3,(H,25,29)(H,26,30)/t13-,15+,16-,17+,19?,23?/m1/s1. The van der Waals surface area contributed by atoms with E-state index in [4.69, 9.17) is 11.6 Å². The SMILES string of the molecule is CCCNC(=O)[C@@H]1[C@@H]2CCC3(S2)C(C(=O)Nc2c(C)cccc2Cl)N([C@H](C)CO)C(=O)[C@H]13. The summed E-state index contributed by atoms with van der Waals surface area (Å²) in [6.07, 6.45) is 2.29. The van der Waals surface area contributed by atoms with Gasteiger partial charge in [-0.05, 0) is 44.7 Å². The lowest BCUT2D eigenvalue weighted by Gasteiger charge is -2.36. The van der Waals surface area contributed by atoms with Crippen LogP contribution in [0, 0.1) is 18.8 Å². The van der Waals surface area contributed by atoms with Crippen LogP contribution in [0.3, 0.4) is 0 Å². The predicted molar refractivity (Wildman–Crippen MR) is 126 cm³/mol. The van der Waals surface area contributed by atoms with Crippen LogP contribution in [0.1, 0.15) is 38.7 Å². The van der Waals surface area contributed by atoms with Crippen molar-refractivity contribution >= 4 is 46.8 Å². The zero-order valence-corrected chi connectivity index (χ0v) is 20.1. The van der Waals surface area contributed by atoms with Crippen LogP contribution >= 0.6 is 23.4 Å². The van der Waals surface area contributed by atoms with Crippen molar-refractivity contribution in [1.29, 1.82) is 0 Å². The third kappa shape index (κ3) is 3.51. The molecule has 174 valence electrons. The lowest BCUT2D eigenvalue weighted by molar-refractivity contribution is -0.141. The highest BCUT2D eigenvalue weighted by atomic mass is 35.5. The van der Waals surface area contributed by atoms with Crippen molar-refractivity contribution in [1.82, 2.24) is 10.2 Å². The second-order valence-electron chi connectivity index (χ2n) is 9.05. The van der Waals surface area contributed by atoms with Crippen LogP contribution in [0.25, 0.3) is 0 Å². The molecule has 2 unspecified atom stereocenters. The lowest BCUT2D eigenvalue weighted by atomic mass is 9.70. The van der Waals surface area contributed by atoms with E-state index >= 15 is 0 Å². The van der Waals surface area contributed by atoms with E-state index in [9.17, 15) is 19.5 Å². The number of anilines is 1. The molecular formula is C23H30ClN3O4S. The molecule has 1 spiro atoms. The van der Waals surface area contributed by atoms with Crippen LogP contribution in [-0.4, -0.2) is 63.0 Å². The van der Waals surface area contributed by atoms with Gasteiger partial charge in [-0.25, -0.2) is 0 Å². The van der Waals surface area contributed by atoms with Gasteiger partial charge in [0.05, 0.1) is 39.9 Å². The van der Waals surface area contributed by atoms with Gasteiger partial charge in [-0.2, -0.15) is 0 Å². The molecule has 4 rings (SSSR count). The Balaban J connectivity index is 1.72. The number of carbonyl (C=O) groups is 3. The number of likely N-dealkylation sites (tertiary alicyclic amines) is 1. The van der Waals surface area contributed by atoms with Gasteiger partial charge in [0.15, 0.2) is 0 Å². The zero-order valence-electron chi connectivity index (χ0n) is 18.6. The van der Waals surface area contributed by atoms with Crippen LogP contribution in [0.2, 0.25) is 5.02 Å². The minimum absolute atomic E-state index is 0.0183. The summed E-state index contributed by atoms with van der Waals surface area (Å²) in [7, 11) is 0. The maximum Gasteiger partial charge on any atom is 0.248 e. The summed E-state index contributed by atoms with van der Waals surface area (Å²) < 4.78 is -0.682. The fourth-order valence-electron chi connectivity index (χ4n) is 5.60. The number of nitrogens with one attached hydrogen (secondary N) is 2. The fraction of sp³-hybridized carbons (Fsp3) is 0.609. The van der Waals surface area contributed by atoms with E-state index in [-0.39, 0.29) is 29.6 Å². The summed E-state index contributed by atoms with van der Waals surface area (Å²) in [5, 5.41) is 16.2. The fourth-order valence-corrected chi connectivity index (χ4v) is 8.08. The van der Waals surface area contributed by atoms with E-state index < -0.39 is 28.7 Å². The van der Waals surface area contributed by atoms with Crippen molar-refractivity contribution in [2.24, 2.45) is 11.8 Å². The molecule has 3 amide bonds. The zero-order chi connectivity index (χ0) is 23.2. The Morgan fingerprint density at radius 3 is 2.78 bits per heavy atom. The molecule has 3 saturated heterocycles. The Morgan fingerprint density at radius 2 is 2.12 bits per heavy atom. The number of fused-ring (bicyclic) bond motifs is 1. The van der Waals surface area contributed by atoms with Crippen molar-refractivity contribution in [2.75, 3.05) is 18.5 Å². The molecule has 0 aromatic heterocycles. The molecule has 0 saturated carbocycles. The second-order valence-corrected chi connectivity index (χ2v) is 11.1. The molecule has 32 heavy (non-hydrogen) atoms. The van der Waals surface area contributed by atoms with E-state index in [0.717, 1.165) is 18.4 Å². The van der Waals surface area contributed by atoms with Crippen LogP contribution in [-0.2, 0) is 14.4 Å². The molecule has 7 nitrogen and oxygen atoms in total. The molecule has 3 heterocycles. The third-order valence-electron chi connectivity index (χ3n) is 7.05. The summed E-state index contributed by atoms with van der Waals surface area (Å²) in [6, 6.07) is 4.07. The summed E-state index contributed by atoms with van der Waals surface area (Å²) in [4.78, 5) is 41.9. The van der Waals surface area contributed by atoms with Gasteiger partial charge in [-0.3, -0.25) is 14.4 Å². The van der Waals surface area contributed by atoms with E-state index in [1.807, 2.05) is 26.0 Å². The molecule has 6 atom stereocenters. The summed E-state index contributed by atoms with van der Waals surface area (Å²) in [5.74, 6) is -1.67. The highest BCUT2D eigenvalue weighted by Crippen LogP contribution is 2.66. The number of carbonyl (C=O) groups excluding carboxylic acids is 3. The van der Waals surface area contributed by atoms with E-state index in [1.54, 1.807) is 24.8 Å². The lowest BCUT2D eigenvalue weighted by Crippen LogP contribution is -2.54. The molecule has 2 bridgehead atoms. The number of hydrogen-bond acceptors (Lipinski definition) is 5. The molecule has 3 aliphatic heterocycles. The minimum Gasteiger partial charge on any atom is -0.394 e. The van der Waals surface area contributed by atoms with Gasteiger partial charge < -0.3 is 20.6 Å². The first-order chi connectivity index (χ1) is 15.3. The number of nitrogens with zero attached hydrogens (tertiary/aromatic N) is 1. The number of aryl methyl sites for hydroxylation is 1. The topological polar surface area (TPSA) is 98.7 Å². The summed E-state index contributed by atoms with van der Waals surface area (Å²) in [6.45, 7) is 5.89. The smallest absolute Gasteiger partial charge is 0.248 e. The number of halogens is 1. The van der Waals surface area contributed by atoms with Gasteiger partial charge in [0, 0.05) is 11.8 Å². The highest BCUT2D eigenvalue weighted by Gasteiger charge is 2.74. The number of aliphatic hydroxyl groups is 1. The van der Waals surface area contributed by atoms with Gasteiger partial charge in [0.25, 0.3) is 0 Å². The van der Waals surface area contributed by atoms with Crippen molar-refractivity contribution in [2.45, 2.75) is 62.1 Å². The normalized spacial score (nSPS) is 31.5. The average molecular weight is 480 g/mol. The van der Waals surface area contributed by atoms with E-state index in [2.05, 4.69) is 10.6 Å². The van der Waals surface area contributed by atoms with Gasteiger partial charge >= 0.3 is 0 Å². The Hall–Kier alpha value is -1.77. The monoisotopic (exact) mass is 479 g/mol. The number of para-hydroxylation sites is 1. The van der Waals surface area contributed by atoms with E-state index in [0.29, 0.717) is 23.7 Å². The Labute approximate surface area is 197 Å². The number of rotatable bonds is 7. The average Bonchev–Trinajstić information content (AvgIpc) is 3.41. The van der Waals surface area contributed by atoms with Crippen molar-refractivity contribution in [3.05, 3.63) is 28.8 Å². The number of thioether (sulfide) groups is 1. The first-order valence-corrected chi connectivity index (χ1v) is 12.5. The summed E-state index contributed by atoms with van der Waals surface area (Å²) in [5.41, 5.74) is 1.35. The first-order valence-electron chi connectivity index (χ1n) is 11.2. The predicted octanol–water partition coefficient (Wildman–Crippen LogP) is 2.59. The number of amides is 3. The third-order valence-corrected chi connectivity index (χ3v) is 9.31. The molecule has 3 N–H and O–H groups in total. The number of benzene rings is 1. The maximum atomic E-state index is 13.7. The summed E-state index contributed by atoms with van der Waals surface area (Å²) >= 11 is 7.95. The number of aliphatic hydroxyl groups excluding tert-OH is 1. The molecule has 9 heteroatoms. The molecular weight excluding hydrogens is 450 g/mol. The van der Waals surface area contributed by atoms with Crippen molar-refractivity contribution in [3.8, 4) is 0 Å². The Bertz CT molecular complexity index is 924. The van der Waals surface area contributed by atoms with Gasteiger partial charge in [0.1, 0.15) is 6.04 Å². The highest BCUT2D eigenvalue weighted by molar-refractivity contribution is 8.02. The molecule has 0 aliphatic carbocycles. The molecule has 1 aromatic carbocycles. The van der Waals surface area contributed by atoms with Crippen molar-refractivity contribution in [3.63, 3.8) is 0 Å². The molecule has 0 radical (unpaired) electrons. The second kappa shape index (κ2) is 8.88. The Morgan fingerprint density at radius 1 is 1.38 bits per heavy atom. The van der Waals surface area contributed by atoms with Gasteiger partial charge in [-0.1, -0.05) is 30.7 Å².